The Balaban J connectivity index is 0. The third-order valence-corrected chi connectivity index (χ3v) is 12.0. The molecule has 4 amide bonds. The van der Waals surface area contributed by atoms with Gasteiger partial charge in [0.1, 0.15) is 17.5 Å². The number of hydrogen-bond donors (Lipinski definition) is 5. The molecule has 0 aliphatic carbocycles. The molecule has 5 N–H and O–H groups in total. The third kappa shape index (κ3) is 30.2. The maximum absolute atomic E-state index is 12.1. The molecule has 0 aliphatic heterocycles. The first-order chi connectivity index (χ1) is 32.5. The number of unbranched alkanes of at least 4 members (excludes halogenated alkanes) is 5. The fourth-order valence-electron chi connectivity index (χ4n) is 5.90. The molecule has 0 bridgehead atoms. The quantitative estimate of drug-likeness (QED) is 0.0198. The highest BCUT2D eigenvalue weighted by Gasteiger charge is 2.28. The number of ether oxygens (including phenoxy) is 2. The van der Waals surface area contributed by atoms with E-state index < -0.39 is 23.0 Å². The Kier molecular flexibility index (Phi) is 36.1. The summed E-state index contributed by atoms with van der Waals surface area (Å²) >= 11 is 1.58. The summed E-state index contributed by atoms with van der Waals surface area (Å²) in [6, 6.07) is 0.959. The van der Waals surface area contributed by atoms with E-state index in [1.165, 1.54) is 26.2 Å². The van der Waals surface area contributed by atoms with Gasteiger partial charge in [0.2, 0.25) is 11.8 Å². The summed E-state index contributed by atoms with van der Waals surface area (Å²) in [5.41, 5.74) is 3.56. The molecular formula is C51H86N8O8S2. The Morgan fingerprint density at radius 2 is 1.65 bits per heavy atom. The molecule has 0 saturated heterocycles. The van der Waals surface area contributed by atoms with Gasteiger partial charge in [0.05, 0.1) is 36.9 Å². The molecule has 0 spiro atoms. The number of hydrogen-bond acceptors (Lipinski definition) is 11. The monoisotopic (exact) mass is 1000 g/mol. The van der Waals surface area contributed by atoms with Crippen molar-refractivity contribution in [1.82, 2.24) is 35.1 Å². The highest BCUT2D eigenvalue weighted by Crippen LogP contribution is 2.26. The van der Waals surface area contributed by atoms with E-state index >= 15 is 0 Å². The van der Waals surface area contributed by atoms with Gasteiger partial charge in [-0.25, -0.2) is 23.1 Å². The van der Waals surface area contributed by atoms with E-state index in [0.717, 1.165) is 59.1 Å². The second-order valence-corrected chi connectivity index (χ2v) is 19.9. The van der Waals surface area contributed by atoms with Crippen molar-refractivity contribution in [2.45, 2.75) is 139 Å². The molecule has 0 aromatic carbocycles. The molecular weight excluding hydrogens is 917 g/mol. The summed E-state index contributed by atoms with van der Waals surface area (Å²) in [5.74, 6) is -0.814. The highest BCUT2D eigenvalue weighted by molar-refractivity contribution is 7.81. The SMILES string of the molecule is C#C.C/C=C(\C=C/c1cnc(-c2csc(NC(C)C)n2)cc1COC)OC.CCCCCC/C=C\C(C)C(NC(C)=O)C(=O)O.CCCCN(C)C(=O)CNC(=O)NC(CN(C)S(C)=O)C(C)(C)C. The van der Waals surface area contributed by atoms with Gasteiger partial charge in [-0.05, 0) is 87.9 Å². The fraction of sp³-hybridized carbons (Fsp3) is 0.608. The number of thiazole rings is 1. The Morgan fingerprint density at radius 1 is 1.00 bits per heavy atom. The number of urea groups is 1. The summed E-state index contributed by atoms with van der Waals surface area (Å²) in [6.07, 6.45) is 28.9. The predicted molar refractivity (Wildman–Crippen MR) is 286 cm³/mol. The number of aliphatic carboxylic acids is 1. The van der Waals surface area contributed by atoms with E-state index in [2.05, 4.69) is 71.8 Å². The van der Waals surface area contributed by atoms with Crippen molar-refractivity contribution in [3.8, 4) is 24.2 Å². The maximum Gasteiger partial charge on any atom is 0.326 e. The van der Waals surface area contributed by atoms with E-state index in [1.807, 2.05) is 75.7 Å². The van der Waals surface area contributed by atoms with Gasteiger partial charge in [-0.3, -0.25) is 14.6 Å². The number of pyridine rings is 1. The van der Waals surface area contributed by atoms with Gasteiger partial charge in [-0.2, -0.15) is 0 Å². The summed E-state index contributed by atoms with van der Waals surface area (Å²) < 4.78 is 23.8. The predicted octanol–water partition coefficient (Wildman–Crippen LogP) is 8.91. The fourth-order valence-corrected chi connectivity index (χ4v) is 7.11. The van der Waals surface area contributed by atoms with E-state index in [-0.39, 0.29) is 41.8 Å². The molecule has 2 aromatic heterocycles. The molecule has 0 fully saturated rings. The van der Waals surface area contributed by atoms with E-state index in [1.54, 1.807) is 62.0 Å². The molecule has 16 nitrogen and oxygen atoms in total. The van der Waals surface area contributed by atoms with Crippen molar-refractivity contribution in [2.75, 3.05) is 59.5 Å². The van der Waals surface area contributed by atoms with Crippen molar-refractivity contribution in [2.24, 2.45) is 11.3 Å². The second-order valence-electron chi connectivity index (χ2n) is 17.6. The minimum absolute atomic E-state index is 0.0293. The van der Waals surface area contributed by atoms with Gasteiger partial charge < -0.3 is 40.7 Å². The number of likely N-dealkylation sites (N-methyl/N-ethyl adjacent to an activating group) is 2. The zero-order valence-electron chi connectivity index (χ0n) is 44.3. The molecule has 2 aromatic rings. The van der Waals surface area contributed by atoms with Crippen molar-refractivity contribution in [3.63, 3.8) is 0 Å². The number of carboxylic acids is 1. The van der Waals surface area contributed by atoms with Crippen LogP contribution >= 0.6 is 11.3 Å². The number of rotatable bonds is 26. The Hall–Kier alpha value is -5.09. The molecule has 18 heteroatoms. The van der Waals surface area contributed by atoms with Crippen molar-refractivity contribution in [1.29, 1.82) is 0 Å². The smallest absolute Gasteiger partial charge is 0.326 e. The van der Waals surface area contributed by atoms with Crippen LogP contribution in [0.5, 0.6) is 0 Å². The Morgan fingerprint density at radius 3 is 2.17 bits per heavy atom. The van der Waals surface area contributed by atoms with Gasteiger partial charge >= 0.3 is 12.0 Å². The van der Waals surface area contributed by atoms with Crippen LogP contribution < -0.4 is 21.3 Å². The second kappa shape index (κ2) is 37.8. The normalized spacial score (nSPS) is 13.1. The van der Waals surface area contributed by atoms with Gasteiger partial charge in [0.15, 0.2) is 5.13 Å². The number of nitrogens with zero attached hydrogens (tertiary/aromatic N) is 4. The van der Waals surface area contributed by atoms with Crippen LogP contribution in [-0.4, -0.2) is 125 Å². The van der Waals surface area contributed by atoms with Crippen LogP contribution in [0.4, 0.5) is 9.93 Å². The minimum atomic E-state index is -1.10. The van der Waals surface area contributed by atoms with E-state index in [0.29, 0.717) is 25.7 Å². The first-order valence-electron chi connectivity index (χ1n) is 23.5. The van der Waals surface area contributed by atoms with Crippen molar-refractivity contribution < 1.29 is 38.0 Å². The van der Waals surface area contributed by atoms with Gasteiger partial charge in [0, 0.05) is 70.0 Å². The zero-order chi connectivity index (χ0) is 53.1. The number of carbonyl (C=O) groups excluding carboxylic acids is 3. The number of carbonyl (C=O) groups is 4. The zero-order valence-corrected chi connectivity index (χ0v) is 45.9. The van der Waals surface area contributed by atoms with Gasteiger partial charge in [-0.15, -0.1) is 24.2 Å². The lowest BCUT2D eigenvalue weighted by molar-refractivity contribution is -0.142. The van der Waals surface area contributed by atoms with E-state index in [4.69, 9.17) is 14.6 Å². The molecule has 0 aliphatic rings. The number of nitrogens with one attached hydrogen (secondary N) is 4. The molecule has 4 unspecified atom stereocenters. The van der Waals surface area contributed by atoms with Crippen LogP contribution in [0.2, 0.25) is 0 Å². The number of anilines is 1. The van der Waals surface area contributed by atoms with Gasteiger partial charge in [-0.1, -0.05) is 79.4 Å². The van der Waals surface area contributed by atoms with Crippen LogP contribution in [-0.2, 0) is 41.4 Å². The first kappa shape index (κ1) is 66.0. The average Bonchev–Trinajstić information content (AvgIpc) is 3.76. The lowest BCUT2D eigenvalue weighted by atomic mass is 9.87. The lowest BCUT2D eigenvalue weighted by Gasteiger charge is -2.33. The van der Waals surface area contributed by atoms with Crippen LogP contribution in [0.3, 0.4) is 0 Å². The van der Waals surface area contributed by atoms with Crippen molar-refractivity contribution >= 4 is 57.3 Å². The molecule has 4 atom stereocenters. The van der Waals surface area contributed by atoms with Crippen LogP contribution in [0.1, 0.15) is 125 Å². The molecule has 2 rings (SSSR count). The van der Waals surface area contributed by atoms with Crippen LogP contribution in [0.25, 0.3) is 17.5 Å². The number of allylic oxidation sites excluding steroid dienone is 3. The number of aromatic nitrogens is 2. The largest absolute Gasteiger partial charge is 0.497 e. The molecule has 390 valence electrons. The Bertz CT molecular complexity index is 1930. The lowest BCUT2D eigenvalue weighted by Crippen LogP contribution is -2.54. The summed E-state index contributed by atoms with van der Waals surface area (Å²) in [4.78, 5) is 56.8. The average molecular weight is 1000 g/mol. The molecule has 2 heterocycles. The number of terminal acetylenes is 1. The number of methoxy groups -OCH3 is 2. The Labute approximate surface area is 421 Å². The van der Waals surface area contributed by atoms with Crippen LogP contribution in [0.15, 0.2) is 47.7 Å². The summed E-state index contributed by atoms with van der Waals surface area (Å²) in [5, 5.41) is 23.2. The molecule has 0 saturated carbocycles. The van der Waals surface area contributed by atoms with Crippen LogP contribution in [0, 0.1) is 24.2 Å². The molecule has 0 radical (unpaired) electrons. The third-order valence-electron chi connectivity index (χ3n) is 10.2. The summed E-state index contributed by atoms with van der Waals surface area (Å²) in [7, 11) is 5.73. The number of carboxylic acid groups (broad SMARTS) is 1. The highest BCUT2D eigenvalue weighted by atomic mass is 32.2. The summed E-state index contributed by atoms with van der Waals surface area (Å²) in [6.45, 7) is 21.1. The standard InChI is InChI=1S/C19H25N3O2S.C16H34N4O3S.C14H25NO3.C2H2/c1-6-16(24-5)8-7-14-10-20-17(9-15(14)11-23-4)18-12-25-19(22-18)21-13(2)3;1-8-9-10-19(5)14(21)11-17-15(22)18-13(16(2,3)4)12-20(6)24(7)23;1-4-5-6-7-8-9-10-11(2)13(14(17)18)15-12(3)16;1-2/h6-10,12-13H,11H2,1-5H3,(H,21,22);13H,8-12H2,1-7H3,(H2,17,18,22);9-11,13H,4-8H2,1-3H3,(H,15,16)(H,17,18);1-2H/b8-7-,16-6+;;10-9-;. The van der Waals surface area contributed by atoms with Gasteiger partial charge in [0.25, 0.3) is 0 Å². The van der Waals surface area contributed by atoms with Crippen molar-refractivity contribution in [3.05, 3.63) is 58.8 Å². The maximum atomic E-state index is 12.1. The minimum Gasteiger partial charge on any atom is -0.497 e. The van der Waals surface area contributed by atoms with E-state index in [9.17, 15) is 23.4 Å². The molecule has 69 heavy (non-hydrogen) atoms. The first-order valence-corrected chi connectivity index (χ1v) is 25.9. The topological polar surface area (TPSA) is 204 Å². The number of amides is 4.